The summed E-state index contributed by atoms with van der Waals surface area (Å²) in [6, 6.07) is 20.8. The van der Waals surface area contributed by atoms with E-state index in [0.717, 1.165) is 0 Å². The van der Waals surface area contributed by atoms with Crippen molar-refractivity contribution in [3.63, 3.8) is 0 Å². The molecule has 1 aliphatic heterocycles. The van der Waals surface area contributed by atoms with E-state index in [9.17, 15) is 9.59 Å². The van der Waals surface area contributed by atoms with Crippen LogP contribution in [0.5, 0.6) is 23.0 Å². The lowest BCUT2D eigenvalue weighted by atomic mass is 10.2. The van der Waals surface area contributed by atoms with E-state index in [2.05, 4.69) is 10.5 Å². The molecule has 0 saturated carbocycles. The summed E-state index contributed by atoms with van der Waals surface area (Å²) in [5, 5.41) is 3.99. The molecule has 0 aromatic heterocycles. The van der Waals surface area contributed by atoms with Crippen LogP contribution in [0, 0.1) is 0 Å². The van der Waals surface area contributed by atoms with Crippen LogP contribution in [0.2, 0.25) is 0 Å². The molecular formula is C25H22N2O6. The Hall–Kier alpha value is -4.33. The molecule has 3 aromatic carbocycles. The average Bonchev–Trinajstić information content (AvgIpc) is 2.85. The molecule has 1 heterocycles. The molecule has 0 fully saturated rings. The number of rotatable bonds is 7. The SMILES string of the molecule is CCOc1cc(C=NNC(=O)C2COc3ccccc3O2)ccc1OC(=O)c1ccccc1. The lowest BCUT2D eigenvalue weighted by Crippen LogP contribution is -2.42. The number of hydrogen-bond donors (Lipinski definition) is 1. The maximum absolute atomic E-state index is 12.4. The summed E-state index contributed by atoms with van der Waals surface area (Å²) in [4.78, 5) is 24.7. The minimum Gasteiger partial charge on any atom is -0.490 e. The van der Waals surface area contributed by atoms with Gasteiger partial charge < -0.3 is 18.9 Å². The van der Waals surface area contributed by atoms with E-state index < -0.39 is 18.0 Å². The maximum Gasteiger partial charge on any atom is 0.343 e. The Morgan fingerprint density at radius 3 is 2.58 bits per heavy atom. The van der Waals surface area contributed by atoms with Crippen LogP contribution in [0.4, 0.5) is 0 Å². The first-order valence-electron chi connectivity index (χ1n) is 10.4. The number of ether oxygens (including phenoxy) is 4. The van der Waals surface area contributed by atoms with Gasteiger partial charge in [0.05, 0.1) is 18.4 Å². The smallest absolute Gasteiger partial charge is 0.343 e. The van der Waals surface area contributed by atoms with E-state index in [0.29, 0.717) is 40.7 Å². The Labute approximate surface area is 190 Å². The molecule has 1 atom stereocenters. The Bertz CT molecular complexity index is 1160. The third-order valence-corrected chi connectivity index (χ3v) is 4.67. The summed E-state index contributed by atoms with van der Waals surface area (Å²) >= 11 is 0. The lowest BCUT2D eigenvalue weighted by molar-refractivity contribution is -0.130. The average molecular weight is 446 g/mol. The monoisotopic (exact) mass is 446 g/mol. The minimum absolute atomic E-state index is 0.0916. The molecular weight excluding hydrogens is 424 g/mol. The first-order chi connectivity index (χ1) is 16.1. The van der Waals surface area contributed by atoms with Gasteiger partial charge in [0.15, 0.2) is 23.0 Å². The molecule has 0 bridgehead atoms. The summed E-state index contributed by atoms with van der Waals surface area (Å²) in [5.74, 6) is 0.869. The zero-order valence-electron chi connectivity index (χ0n) is 17.9. The highest BCUT2D eigenvalue weighted by molar-refractivity contribution is 5.91. The second-order valence-electron chi connectivity index (χ2n) is 6.99. The quantitative estimate of drug-likeness (QED) is 0.258. The van der Waals surface area contributed by atoms with Gasteiger partial charge in [-0.25, -0.2) is 10.2 Å². The molecule has 0 radical (unpaired) electrons. The maximum atomic E-state index is 12.4. The first-order valence-corrected chi connectivity index (χ1v) is 10.4. The second kappa shape index (κ2) is 10.3. The van der Waals surface area contributed by atoms with Crippen molar-refractivity contribution in [2.24, 2.45) is 5.10 Å². The number of hydrogen-bond acceptors (Lipinski definition) is 7. The lowest BCUT2D eigenvalue weighted by Gasteiger charge is -2.24. The fraction of sp³-hybridized carbons (Fsp3) is 0.160. The van der Waals surface area contributed by atoms with Crippen LogP contribution in [-0.2, 0) is 4.79 Å². The van der Waals surface area contributed by atoms with Crippen molar-refractivity contribution in [2.45, 2.75) is 13.0 Å². The third-order valence-electron chi connectivity index (χ3n) is 4.67. The van der Waals surface area contributed by atoms with E-state index in [4.69, 9.17) is 18.9 Å². The fourth-order valence-corrected chi connectivity index (χ4v) is 3.08. The molecule has 1 unspecified atom stereocenters. The van der Waals surface area contributed by atoms with Gasteiger partial charge in [0.1, 0.15) is 6.61 Å². The number of nitrogens with one attached hydrogen (secondary N) is 1. The molecule has 8 heteroatoms. The highest BCUT2D eigenvalue weighted by Gasteiger charge is 2.27. The number of para-hydroxylation sites is 2. The molecule has 4 rings (SSSR count). The van der Waals surface area contributed by atoms with Gasteiger partial charge in [0.2, 0.25) is 6.10 Å². The summed E-state index contributed by atoms with van der Waals surface area (Å²) in [6.45, 7) is 2.30. The number of benzene rings is 3. The highest BCUT2D eigenvalue weighted by Crippen LogP contribution is 2.31. The van der Waals surface area contributed by atoms with Crippen LogP contribution in [0.15, 0.2) is 77.9 Å². The van der Waals surface area contributed by atoms with Crippen LogP contribution in [0.3, 0.4) is 0 Å². The van der Waals surface area contributed by atoms with E-state index in [1.165, 1.54) is 6.21 Å². The van der Waals surface area contributed by atoms with Crippen molar-refractivity contribution >= 4 is 18.1 Å². The van der Waals surface area contributed by atoms with Crippen molar-refractivity contribution in [3.8, 4) is 23.0 Å². The minimum atomic E-state index is -0.809. The largest absolute Gasteiger partial charge is 0.490 e. The predicted octanol–water partition coefficient (Wildman–Crippen LogP) is 3.59. The number of carbonyl (C=O) groups is 2. The van der Waals surface area contributed by atoms with Crippen molar-refractivity contribution < 1.29 is 28.5 Å². The van der Waals surface area contributed by atoms with Crippen molar-refractivity contribution in [2.75, 3.05) is 13.2 Å². The topological polar surface area (TPSA) is 95.5 Å². The van der Waals surface area contributed by atoms with Gasteiger partial charge in [-0.3, -0.25) is 4.79 Å². The van der Waals surface area contributed by atoms with Crippen LogP contribution in [-0.4, -0.2) is 37.4 Å². The molecule has 3 aromatic rings. The van der Waals surface area contributed by atoms with Gasteiger partial charge in [-0.2, -0.15) is 5.10 Å². The molecule has 1 N–H and O–H groups in total. The van der Waals surface area contributed by atoms with Gasteiger partial charge in [-0.1, -0.05) is 30.3 Å². The van der Waals surface area contributed by atoms with Gasteiger partial charge in [0, 0.05) is 0 Å². The summed E-state index contributed by atoms with van der Waals surface area (Å²) in [5.41, 5.74) is 3.53. The van der Waals surface area contributed by atoms with Crippen LogP contribution < -0.4 is 24.4 Å². The molecule has 1 amide bonds. The molecule has 0 aliphatic carbocycles. The van der Waals surface area contributed by atoms with Gasteiger partial charge >= 0.3 is 5.97 Å². The van der Waals surface area contributed by atoms with E-state index in [1.807, 2.05) is 19.1 Å². The second-order valence-corrected chi connectivity index (χ2v) is 6.99. The molecule has 8 nitrogen and oxygen atoms in total. The standard InChI is InChI=1S/C25H22N2O6/c1-2-30-22-14-17(12-13-21(22)33-25(29)18-8-4-3-5-9-18)15-26-27-24(28)23-16-31-19-10-6-7-11-20(19)32-23/h3-15,23H,2,16H2,1H3,(H,27,28). The number of carbonyl (C=O) groups excluding carboxylic acids is 2. The Kier molecular flexibility index (Phi) is 6.84. The summed E-state index contributed by atoms with van der Waals surface area (Å²) < 4.78 is 22.3. The van der Waals surface area contributed by atoms with Crippen molar-refractivity contribution in [1.29, 1.82) is 0 Å². The zero-order valence-corrected chi connectivity index (χ0v) is 17.9. The molecule has 0 saturated heterocycles. The molecule has 33 heavy (non-hydrogen) atoms. The summed E-state index contributed by atoms with van der Waals surface area (Å²) in [6.07, 6.45) is 0.650. The molecule has 1 aliphatic rings. The first kappa shape index (κ1) is 21.9. The molecule has 0 spiro atoms. The number of nitrogens with zero attached hydrogens (tertiary/aromatic N) is 1. The van der Waals surface area contributed by atoms with E-state index >= 15 is 0 Å². The molecule has 168 valence electrons. The predicted molar refractivity (Wildman–Crippen MR) is 121 cm³/mol. The summed E-state index contributed by atoms with van der Waals surface area (Å²) in [7, 11) is 0. The van der Waals surface area contributed by atoms with E-state index in [1.54, 1.807) is 60.7 Å². The Morgan fingerprint density at radius 1 is 1.03 bits per heavy atom. The van der Waals surface area contributed by atoms with Crippen LogP contribution in [0.25, 0.3) is 0 Å². The zero-order chi connectivity index (χ0) is 23.0. The normalized spacial score (nSPS) is 14.5. The van der Waals surface area contributed by atoms with Gasteiger partial charge in [-0.05, 0) is 55.0 Å². The number of esters is 1. The third kappa shape index (κ3) is 5.48. The highest BCUT2D eigenvalue weighted by atomic mass is 16.6. The Balaban J connectivity index is 1.39. The van der Waals surface area contributed by atoms with E-state index in [-0.39, 0.29) is 6.61 Å². The fourth-order valence-electron chi connectivity index (χ4n) is 3.08. The van der Waals surface area contributed by atoms with Gasteiger partial charge in [-0.15, -0.1) is 0 Å². The Morgan fingerprint density at radius 2 is 1.79 bits per heavy atom. The van der Waals surface area contributed by atoms with Crippen molar-refractivity contribution in [3.05, 3.63) is 83.9 Å². The van der Waals surface area contributed by atoms with Crippen molar-refractivity contribution in [1.82, 2.24) is 5.43 Å². The van der Waals surface area contributed by atoms with Crippen LogP contribution >= 0.6 is 0 Å². The van der Waals surface area contributed by atoms with Gasteiger partial charge in [0.25, 0.3) is 5.91 Å². The number of amides is 1. The number of fused-ring (bicyclic) bond motifs is 1. The number of hydrazone groups is 1. The van der Waals surface area contributed by atoms with Crippen LogP contribution in [0.1, 0.15) is 22.8 Å².